The number of benzene rings is 2. The van der Waals surface area contributed by atoms with E-state index in [2.05, 4.69) is 65.6 Å². The Kier molecular flexibility index (Phi) is 7.86. The minimum atomic E-state index is -0.0678. The smallest absolute Gasteiger partial charge is 0.305 e. The maximum Gasteiger partial charge on any atom is 0.305 e. The van der Waals surface area contributed by atoms with Gasteiger partial charge < -0.3 is 9.64 Å². The number of carbonyl (C=O) groups is 1. The van der Waals surface area contributed by atoms with E-state index in [9.17, 15) is 4.79 Å². The lowest BCUT2D eigenvalue weighted by Crippen LogP contribution is -2.32. The van der Waals surface area contributed by atoms with Gasteiger partial charge in [-0.25, -0.2) is 0 Å². The Morgan fingerprint density at radius 3 is 2.00 bits per heavy atom. The maximum absolute atomic E-state index is 11.4. The van der Waals surface area contributed by atoms with Crippen LogP contribution in [-0.4, -0.2) is 37.1 Å². The second-order valence-electron chi connectivity index (χ2n) is 7.31. The average molecular weight is 378 g/mol. The van der Waals surface area contributed by atoms with Crippen molar-refractivity contribution in [2.24, 2.45) is 0 Å². The second-order valence-corrected chi connectivity index (χ2v) is 7.31. The number of hydrogen-bond acceptors (Lipinski definition) is 3. The van der Waals surface area contributed by atoms with Gasteiger partial charge in [-0.1, -0.05) is 66.2 Å². The van der Waals surface area contributed by atoms with Gasteiger partial charge in [0.1, 0.15) is 0 Å². The molecule has 2 aromatic rings. The number of nitrogens with zero attached hydrogens (tertiary/aromatic N) is 1. The van der Waals surface area contributed by atoms with Crippen LogP contribution in [0.1, 0.15) is 50.2 Å². The first-order valence-electron chi connectivity index (χ1n) is 10.5. The second kappa shape index (κ2) is 10.8. The number of unbranched alkanes of at least 4 members (excludes halogenated alkanes) is 1. The SMILES string of the molecule is CCOC(=O)CCCCN1CCC(=C(c2ccccc2)c2ccccc2)CC1. The lowest BCUT2D eigenvalue weighted by molar-refractivity contribution is -0.143. The van der Waals surface area contributed by atoms with E-state index in [-0.39, 0.29) is 5.97 Å². The van der Waals surface area contributed by atoms with Gasteiger partial charge in [0, 0.05) is 19.5 Å². The van der Waals surface area contributed by atoms with Crippen LogP contribution in [0.3, 0.4) is 0 Å². The highest BCUT2D eigenvalue weighted by molar-refractivity contribution is 5.82. The molecule has 2 aromatic carbocycles. The summed E-state index contributed by atoms with van der Waals surface area (Å²) >= 11 is 0. The Morgan fingerprint density at radius 2 is 1.46 bits per heavy atom. The van der Waals surface area contributed by atoms with Gasteiger partial charge in [-0.05, 0) is 55.9 Å². The summed E-state index contributed by atoms with van der Waals surface area (Å²) in [6, 6.07) is 21.5. The van der Waals surface area contributed by atoms with Crippen molar-refractivity contribution < 1.29 is 9.53 Å². The van der Waals surface area contributed by atoms with Crippen LogP contribution in [0, 0.1) is 0 Å². The molecule has 0 amide bonds. The van der Waals surface area contributed by atoms with Crippen LogP contribution in [-0.2, 0) is 9.53 Å². The topological polar surface area (TPSA) is 29.5 Å². The van der Waals surface area contributed by atoms with Crippen LogP contribution in [0.2, 0.25) is 0 Å². The van der Waals surface area contributed by atoms with E-state index in [0.29, 0.717) is 13.0 Å². The highest BCUT2D eigenvalue weighted by atomic mass is 16.5. The molecule has 148 valence electrons. The number of ether oxygens (including phenoxy) is 1. The van der Waals surface area contributed by atoms with Crippen LogP contribution >= 0.6 is 0 Å². The van der Waals surface area contributed by atoms with Gasteiger partial charge >= 0.3 is 5.97 Å². The minimum absolute atomic E-state index is 0.0678. The van der Waals surface area contributed by atoms with E-state index >= 15 is 0 Å². The Morgan fingerprint density at radius 1 is 0.893 bits per heavy atom. The fourth-order valence-corrected chi connectivity index (χ4v) is 3.92. The Hall–Kier alpha value is -2.39. The number of likely N-dealkylation sites (tertiary alicyclic amines) is 1. The third kappa shape index (κ3) is 5.80. The summed E-state index contributed by atoms with van der Waals surface area (Å²) in [5.74, 6) is -0.0678. The Labute approximate surface area is 169 Å². The molecule has 0 unspecified atom stereocenters. The molecule has 1 fully saturated rings. The fraction of sp³-hybridized carbons (Fsp3) is 0.400. The molecule has 3 rings (SSSR count). The molecular weight excluding hydrogens is 346 g/mol. The van der Waals surface area contributed by atoms with Crippen molar-refractivity contribution in [2.75, 3.05) is 26.2 Å². The molecule has 3 heteroatoms. The third-order valence-corrected chi connectivity index (χ3v) is 5.35. The zero-order valence-corrected chi connectivity index (χ0v) is 16.9. The fourth-order valence-electron chi connectivity index (χ4n) is 3.92. The van der Waals surface area contributed by atoms with E-state index in [1.807, 2.05) is 6.92 Å². The molecule has 3 nitrogen and oxygen atoms in total. The normalized spacial score (nSPS) is 14.7. The van der Waals surface area contributed by atoms with Gasteiger partial charge in [0.15, 0.2) is 0 Å². The van der Waals surface area contributed by atoms with Crippen molar-refractivity contribution in [2.45, 2.75) is 39.0 Å². The molecule has 0 atom stereocenters. The zero-order valence-electron chi connectivity index (χ0n) is 16.9. The lowest BCUT2D eigenvalue weighted by Gasteiger charge is -2.30. The summed E-state index contributed by atoms with van der Waals surface area (Å²) in [6.07, 6.45) is 4.73. The summed E-state index contributed by atoms with van der Waals surface area (Å²) < 4.78 is 5.00. The average Bonchev–Trinajstić information content (AvgIpc) is 2.74. The van der Waals surface area contributed by atoms with Gasteiger partial charge in [0.05, 0.1) is 6.61 Å². The van der Waals surface area contributed by atoms with Crippen molar-refractivity contribution in [1.29, 1.82) is 0 Å². The molecule has 1 saturated heterocycles. The van der Waals surface area contributed by atoms with Gasteiger partial charge in [-0.3, -0.25) is 4.79 Å². The summed E-state index contributed by atoms with van der Waals surface area (Å²) in [4.78, 5) is 14.0. The molecule has 28 heavy (non-hydrogen) atoms. The van der Waals surface area contributed by atoms with Gasteiger partial charge in [-0.2, -0.15) is 0 Å². The molecule has 0 aliphatic carbocycles. The first-order chi connectivity index (χ1) is 13.8. The molecule has 0 saturated carbocycles. The van der Waals surface area contributed by atoms with Crippen LogP contribution < -0.4 is 0 Å². The summed E-state index contributed by atoms with van der Waals surface area (Å²) in [5.41, 5.74) is 5.58. The van der Waals surface area contributed by atoms with Gasteiger partial charge in [-0.15, -0.1) is 0 Å². The quantitative estimate of drug-likeness (QED) is 0.461. The molecule has 1 aliphatic heterocycles. The number of carbonyl (C=O) groups excluding carboxylic acids is 1. The highest BCUT2D eigenvalue weighted by Crippen LogP contribution is 2.32. The molecule has 0 aromatic heterocycles. The highest BCUT2D eigenvalue weighted by Gasteiger charge is 2.18. The van der Waals surface area contributed by atoms with Crippen molar-refractivity contribution >= 4 is 11.5 Å². The number of piperidine rings is 1. The molecular formula is C25H31NO2. The van der Waals surface area contributed by atoms with E-state index in [1.54, 1.807) is 5.57 Å². The minimum Gasteiger partial charge on any atom is -0.466 e. The molecule has 0 radical (unpaired) electrons. The Balaban J connectivity index is 1.60. The summed E-state index contributed by atoms with van der Waals surface area (Å²) in [7, 11) is 0. The summed E-state index contributed by atoms with van der Waals surface area (Å²) in [6.45, 7) is 5.59. The van der Waals surface area contributed by atoms with Crippen molar-refractivity contribution in [1.82, 2.24) is 4.90 Å². The maximum atomic E-state index is 11.4. The van der Waals surface area contributed by atoms with Crippen molar-refractivity contribution in [3.8, 4) is 0 Å². The predicted molar refractivity (Wildman–Crippen MR) is 115 cm³/mol. The van der Waals surface area contributed by atoms with Crippen LogP contribution in [0.15, 0.2) is 66.2 Å². The van der Waals surface area contributed by atoms with E-state index in [4.69, 9.17) is 4.74 Å². The largest absolute Gasteiger partial charge is 0.466 e. The summed E-state index contributed by atoms with van der Waals surface area (Å²) in [5, 5.41) is 0. The zero-order chi connectivity index (χ0) is 19.6. The Bertz CT molecular complexity index is 716. The molecule has 1 aliphatic rings. The lowest BCUT2D eigenvalue weighted by atomic mass is 9.88. The van der Waals surface area contributed by atoms with Gasteiger partial charge in [0.2, 0.25) is 0 Å². The van der Waals surface area contributed by atoms with Crippen LogP contribution in [0.25, 0.3) is 5.57 Å². The number of esters is 1. The number of hydrogen-bond donors (Lipinski definition) is 0. The monoisotopic (exact) mass is 377 g/mol. The molecule has 0 N–H and O–H groups in total. The number of rotatable bonds is 8. The molecule has 0 spiro atoms. The standard InChI is InChI=1S/C25H31NO2/c1-2-28-24(27)15-9-10-18-26-19-16-23(17-20-26)25(21-11-5-3-6-12-21)22-13-7-4-8-14-22/h3-8,11-14H,2,9-10,15-20H2,1H3. The van der Waals surface area contributed by atoms with E-state index < -0.39 is 0 Å². The first-order valence-corrected chi connectivity index (χ1v) is 10.5. The predicted octanol–water partition coefficient (Wildman–Crippen LogP) is 5.32. The molecule has 1 heterocycles. The first kappa shape index (κ1) is 20.3. The van der Waals surface area contributed by atoms with E-state index in [0.717, 1.165) is 45.3 Å². The van der Waals surface area contributed by atoms with Crippen molar-refractivity contribution in [3.05, 3.63) is 77.4 Å². The van der Waals surface area contributed by atoms with Crippen LogP contribution in [0.5, 0.6) is 0 Å². The third-order valence-electron chi connectivity index (χ3n) is 5.35. The van der Waals surface area contributed by atoms with Gasteiger partial charge in [0.25, 0.3) is 0 Å². The molecule has 0 bridgehead atoms. The van der Waals surface area contributed by atoms with E-state index in [1.165, 1.54) is 16.7 Å². The van der Waals surface area contributed by atoms with Crippen molar-refractivity contribution in [3.63, 3.8) is 0 Å². The van der Waals surface area contributed by atoms with Crippen LogP contribution in [0.4, 0.5) is 0 Å².